The molecule has 0 aliphatic carbocycles. The van der Waals surface area contributed by atoms with Gasteiger partial charge in [0.2, 0.25) is 0 Å². The monoisotopic (exact) mass is 382 g/mol. The SMILES string of the molecule is CC(C)(Cc1ccccc1)OC(=O)C(CCCCCc1ccccc1)OC=O. The van der Waals surface area contributed by atoms with Crippen molar-refractivity contribution in [2.24, 2.45) is 0 Å². The highest BCUT2D eigenvalue weighted by molar-refractivity contribution is 5.76. The Balaban J connectivity index is 1.77. The molecular formula is C24H30O4. The zero-order valence-electron chi connectivity index (χ0n) is 16.8. The van der Waals surface area contributed by atoms with Gasteiger partial charge in [0.25, 0.3) is 6.47 Å². The summed E-state index contributed by atoms with van der Waals surface area (Å²) < 4.78 is 10.7. The van der Waals surface area contributed by atoms with Gasteiger partial charge in [-0.3, -0.25) is 4.79 Å². The number of unbranched alkanes of at least 4 members (excludes halogenated alkanes) is 2. The van der Waals surface area contributed by atoms with Crippen LogP contribution >= 0.6 is 0 Å². The van der Waals surface area contributed by atoms with E-state index in [2.05, 4.69) is 12.1 Å². The van der Waals surface area contributed by atoms with E-state index >= 15 is 0 Å². The highest BCUT2D eigenvalue weighted by Gasteiger charge is 2.29. The Morgan fingerprint density at radius 3 is 2.14 bits per heavy atom. The van der Waals surface area contributed by atoms with Gasteiger partial charge < -0.3 is 9.47 Å². The summed E-state index contributed by atoms with van der Waals surface area (Å²) in [5.74, 6) is -0.476. The normalized spacial score (nSPS) is 12.2. The van der Waals surface area contributed by atoms with E-state index in [4.69, 9.17) is 9.47 Å². The first-order valence-electron chi connectivity index (χ1n) is 9.90. The van der Waals surface area contributed by atoms with Crippen molar-refractivity contribution in [1.82, 2.24) is 0 Å². The third-order valence-electron chi connectivity index (χ3n) is 4.61. The molecule has 2 aromatic carbocycles. The van der Waals surface area contributed by atoms with E-state index in [9.17, 15) is 9.59 Å². The number of carbonyl (C=O) groups excluding carboxylic acids is 2. The Kier molecular flexibility index (Phi) is 8.73. The van der Waals surface area contributed by atoms with Crippen LogP contribution in [0.2, 0.25) is 0 Å². The molecule has 0 fully saturated rings. The van der Waals surface area contributed by atoms with Gasteiger partial charge in [0.15, 0.2) is 6.10 Å². The van der Waals surface area contributed by atoms with E-state index in [1.54, 1.807) is 0 Å². The first kappa shape index (κ1) is 21.7. The molecule has 0 saturated carbocycles. The van der Waals surface area contributed by atoms with E-state index in [1.165, 1.54) is 5.56 Å². The third-order valence-corrected chi connectivity index (χ3v) is 4.61. The number of ether oxygens (including phenoxy) is 2. The van der Waals surface area contributed by atoms with E-state index < -0.39 is 17.7 Å². The molecule has 2 aromatic rings. The maximum absolute atomic E-state index is 12.5. The molecule has 0 heterocycles. The third kappa shape index (κ3) is 7.95. The van der Waals surface area contributed by atoms with Gasteiger partial charge in [-0.1, -0.05) is 67.1 Å². The van der Waals surface area contributed by atoms with Crippen molar-refractivity contribution >= 4 is 12.4 Å². The van der Waals surface area contributed by atoms with Crippen molar-refractivity contribution in [3.05, 3.63) is 71.8 Å². The van der Waals surface area contributed by atoms with Crippen molar-refractivity contribution in [3.8, 4) is 0 Å². The van der Waals surface area contributed by atoms with Crippen LogP contribution < -0.4 is 0 Å². The summed E-state index contributed by atoms with van der Waals surface area (Å²) in [7, 11) is 0. The Morgan fingerprint density at radius 1 is 0.929 bits per heavy atom. The molecule has 4 heteroatoms. The Labute approximate surface area is 167 Å². The number of carbonyl (C=O) groups is 2. The van der Waals surface area contributed by atoms with Crippen LogP contribution in [0.25, 0.3) is 0 Å². The summed E-state index contributed by atoms with van der Waals surface area (Å²) in [5.41, 5.74) is 1.73. The quantitative estimate of drug-likeness (QED) is 0.298. The standard InChI is InChI=1S/C24H30O4/c1-24(2,18-21-15-9-4-10-16-21)28-23(26)22(27-19-25)17-11-5-8-14-20-12-6-3-7-13-20/h3-4,6-7,9-10,12-13,15-16,19,22H,5,8,11,14,17-18H2,1-2H3. The summed E-state index contributed by atoms with van der Waals surface area (Å²) in [6.07, 6.45) is 4.05. The summed E-state index contributed by atoms with van der Waals surface area (Å²) in [4.78, 5) is 23.3. The molecule has 0 saturated heterocycles. The summed E-state index contributed by atoms with van der Waals surface area (Å²) in [6.45, 7) is 4.07. The van der Waals surface area contributed by atoms with Gasteiger partial charge in [0.05, 0.1) is 0 Å². The van der Waals surface area contributed by atoms with Crippen LogP contribution in [-0.2, 0) is 31.9 Å². The molecule has 0 spiro atoms. The lowest BCUT2D eigenvalue weighted by Gasteiger charge is -2.27. The second-order valence-electron chi connectivity index (χ2n) is 7.65. The minimum Gasteiger partial charge on any atom is -0.457 e. The van der Waals surface area contributed by atoms with Crippen LogP contribution in [0, 0.1) is 0 Å². The van der Waals surface area contributed by atoms with E-state index in [-0.39, 0.29) is 0 Å². The predicted molar refractivity (Wildman–Crippen MR) is 110 cm³/mol. The number of aryl methyl sites for hydroxylation is 1. The molecule has 0 aromatic heterocycles. The zero-order chi connectivity index (χ0) is 20.2. The van der Waals surface area contributed by atoms with E-state index in [0.29, 0.717) is 19.3 Å². The fourth-order valence-corrected chi connectivity index (χ4v) is 3.25. The van der Waals surface area contributed by atoms with Gasteiger partial charge in [-0.05, 0) is 50.7 Å². The maximum atomic E-state index is 12.5. The largest absolute Gasteiger partial charge is 0.457 e. The van der Waals surface area contributed by atoms with Crippen molar-refractivity contribution in [2.75, 3.05) is 0 Å². The van der Waals surface area contributed by atoms with Crippen molar-refractivity contribution < 1.29 is 19.1 Å². The van der Waals surface area contributed by atoms with Crippen LogP contribution in [0.3, 0.4) is 0 Å². The predicted octanol–water partition coefficient (Wildman–Crippen LogP) is 4.90. The fraction of sp³-hybridized carbons (Fsp3) is 0.417. The molecule has 0 N–H and O–H groups in total. The average Bonchev–Trinajstić information content (AvgIpc) is 2.67. The smallest absolute Gasteiger partial charge is 0.347 e. The highest BCUT2D eigenvalue weighted by atomic mass is 16.6. The lowest BCUT2D eigenvalue weighted by molar-refractivity contribution is -0.172. The first-order chi connectivity index (χ1) is 13.5. The van der Waals surface area contributed by atoms with Gasteiger partial charge in [0, 0.05) is 6.42 Å². The second kappa shape index (κ2) is 11.3. The highest BCUT2D eigenvalue weighted by Crippen LogP contribution is 2.20. The van der Waals surface area contributed by atoms with Crippen LogP contribution in [0.1, 0.15) is 50.7 Å². The van der Waals surface area contributed by atoms with Crippen LogP contribution in [0.4, 0.5) is 0 Å². The Bertz CT molecular complexity index is 710. The number of rotatable bonds is 12. The molecule has 0 aliphatic rings. The minimum atomic E-state index is -0.843. The van der Waals surface area contributed by atoms with Crippen LogP contribution in [-0.4, -0.2) is 24.1 Å². The average molecular weight is 383 g/mol. The Morgan fingerprint density at radius 2 is 1.54 bits per heavy atom. The number of hydrogen-bond donors (Lipinski definition) is 0. The molecule has 0 amide bonds. The number of benzene rings is 2. The molecule has 0 bridgehead atoms. The molecular weight excluding hydrogens is 352 g/mol. The molecule has 0 radical (unpaired) electrons. The molecule has 4 nitrogen and oxygen atoms in total. The summed E-state index contributed by atoms with van der Waals surface area (Å²) in [5, 5.41) is 0. The molecule has 1 unspecified atom stereocenters. The molecule has 28 heavy (non-hydrogen) atoms. The van der Waals surface area contributed by atoms with Gasteiger partial charge in [-0.15, -0.1) is 0 Å². The van der Waals surface area contributed by atoms with Crippen LogP contribution in [0.5, 0.6) is 0 Å². The summed E-state index contributed by atoms with van der Waals surface area (Å²) >= 11 is 0. The van der Waals surface area contributed by atoms with E-state index in [0.717, 1.165) is 31.2 Å². The zero-order valence-corrected chi connectivity index (χ0v) is 16.8. The number of hydrogen-bond acceptors (Lipinski definition) is 4. The molecule has 150 valence electrons. The minimum absolute atomic E-state index is 0.333. The van der Waals surface area contributed by atoms with Crippen molar-refractivity contribution in [3.63, 3.8) is 0 Å². The van der Waals surface area contributed by atoms with Gasteiger partial charge in [-0.2, -0.15) is 0 Å². The van der Waals surface area contributed by atoms with Gasteiger partial charge in [-0.25, -0.2) is 4.79 Å². The lowest BCUT2D eigenvalue weighted by Crippen LogP contribution is -2.36. The maximum Gasteiger partial charge on any atom is 0.347 e. The van der Waals surface area contributed by atoms with E-state index in [1.807, 2.05) is 62.4 Å². The van der Waals surface area contributed by atoms with Gasteiger partial charge in [0.1, 0.15) is 5.60 Å². The molecule has 2 rings (SSSR count). The van der Waals surface area contributed by atoms with Crippen molar-refractivity contribution in [1.29, 1.82) is 0 Å². The number of esters is 1. The van der Waals surface area contributed by atoms with Gasteiger partial charge >= 0.3 is 5.97 Å². The molecule has 0 aliphatic heterocycles. The van der Waals surface area contributed by atoms with Crippen LogP contribution in [0.15, 0.2) is 60.7 Å². The summed E-state index contributed by atoms with van der Waals surface area (Å²) in [6, 6.07) is 20.2. The first-order valence-corrected chi connectivity index (χ1v) is 9.90. The lowest BCUT2D eigenvalue weighted by atomic mass is 9.98. The van der Waals surface area contributed by atoms with Crippen molar-refractivity contribution in [2.45, 2.75) is 64.1 Å². The fourth-order valence-electron chi connectivity index (χ4n) is 3.25. The Hall–Kier alpha value is -2.62. The topological polar surface area (TPSA) is 52.6 Å². The molecule has 1 atom stereocenters. The second-order valence-corrected chi connectivity index (χ2v) is 7.65.